The Labute approximate surface area is 105 Å². The summed E-state index contributed by atoms with van der Waals surface area (Å²) >= 11 is 0. The summed E-state index contributed by atoms with van der Waals surface area (Å²) in [5.41, 5.74) is 0. The number of rotatable bonds is 4. The molecule has 0 unspecified atom stereocenters. The molecular weight excluding hydrogens is 224 g/mol. The Bertz CT molecular complexity index is 201. The van der Waals surface area contributed by atoms with Crippen molar-refractivity contribution in [2.24, 2.45) is 11.8 Å². The summed E-state index contributed by atoms with van der Waals surface area (Å²) < 4.78 is 0. The molecule has 0 heterocycles. The molecule has 16 heavy (non-hydrogen) atoms. The van der Waals surface area contributed by atoms with Crippen LogP contribution in [0.5, 0.6) is 0 Å². The third-order valence-electron chi connectivity index (χ3n) is 3.42. The maximum Gasteiger partial charge on any atom is 0.234 e. The lowest BCUT2D eigenvalue weighted by molar-refractivity contribution is -0.121. The summed E-state index contributed by atoms with van der Waals surface area (Å²) in [6, 6.07) is 0.417. The number of carbonyl (C=O) groups is 1. The van der Waals surface area contributed by atoms with Gasteiger partial charge in [-0.1, -0.05) is 13.8 Å². The molecule has 0 aromatic heterocycles. The van der Waals surface area contributed by atoms with Gasteiger partial charge in [0, 0.05) is 6.04 Å². The fourth-order valence-corrected chi connectivity index (χ4v) is 2.37. The van der Waals surface area contributed by atoms with Crippen LogP contribution in [0.4, 0.5) is 0 Å². The predicted molar refractivity (Wildman–Crippen MR) is 69.9 cm³/mol. The normalized spacial score (nSPS) is 25.0. The highest BCUT2D eigenvalue weighted by atomic mass is 35.5. The second kappa shape index (κ2) is 7.91. The van der Waals surface area contributed by atoms with Gasteiger partial charge in [-0.25, -0.2) is 0 Å². The van der Waals surface area contributed by atoms with Crippen LogP contribution in [-0.2, 0) is 4.79 Å². The Morgan fingerprint density at radius 3 is 2.25 bits per heavy atom. The minimum Gasteiger partial charge on any atom is -0.352 e. The average molecular weight is 249 g/mol. The lowest BCUT2D eigenvalue weighted by Gasteiger charge is -2.31. The lowest BCUT2D eigenvalue weighted by Crippen LogP contribution is -2.41. The van der Waals surface area contributed by atoms with Crippen molar-refractivity contribution in [2.45, 2.75) is 45.6 Å². The van der Waals surface area contributed by atoms with Crippen molar-refractivity contribution in [2.75, 3.05) is 13.6 Å². The van der Waals surface area contributed by atoms with Crippen LogP contribution in [-0.4, -0.2) is 25.5 Å². The van der Waals surface area contributed by atoms with E-state index in [0.29, 0.717) is 12.6 Å². The smallest absolute Gasteiger partial charge is 0.234 e. The minimum absolute atomic E-state index is 0. The predicted octanol–water partition coefficient (Wildman–Crippen LogP) is 1.96. The zero-order valence-electron chi connectivity index (χ0n) is 10.6. The molecule has 1 rings (SSSR count). The maximum absolute atomic E-state index is 11.4. The lowest BCUT2D eigenvalue weighted by atomic mass is 9.80. The summed E-state index contributed by atoms with van der Waals surface area (Å²) in [5.74, 6) is 1.78. The van der Waals surface area contributed by atoms with Gasteiger partial charge in [-0.3, -0.25) is 4.79 Å². The Kier molecular flexibility index (Phi) is 7.77. The van der Waals surface area contributed by atoms with Crippen LogP contribution in [0.2, 0.25) is 0 Å². The molecule has 0 spiro atoms. The topological polar surface area (TPSA) is 41.1 Å². The van der Waals surface area contributed by atoms with Crippen molar-refractivity contribution in [1.29, 1.82) is 0 Å². The molecule has 3 nitrogen and oxygen atoms in total. The Balaban J connectivity index is 0.00000225. The van der Waals surface area contributed by atoms with Crippen molar-refractivity contribution in [3.8, 4) is 0 Å². The van der Waals surface area contributed by atoms with Crippen molar-refractivity contribution in [3.05, 3.63) is 0 Å². The Hall–Kier alpha value is -0.280. The molecule has 0 aliphatic heterocycles. The van der Waals surface area contributed by atoms with Gasteiger partial charge in [-0.15, -0.1) is 12.4 Å². The first-order chi connectivity index (χ1) is 7.13. The van der Waals surface area contributed by atoms with Gasteiger partial charge >= 0.3 is 0 Å². The van der Waals surface area contributed by atoms with Gasteiger partial charge in [0.2, 0.25) is 5.91 Å². The molecule has 1 aliphatic rings. The van der Waals surface area contributed by atoms with E-state index in [0.717, 1.165) is 24.7 Å². The van der Waals surface area contributed by atoms with Crippen molar-refractivity contribution in [1.82, 2.24) is 10.6 Å². The van der Waals surface area contributed by atoms with Gasteiger partial charge in [0.1, 0.15) is 0 Å². The molecule has 0 radical (unpaired) electrons. The average Bonchev–Trinajstić information content (AvgIpc) is 2.18. The number of carbonyl (C=O) groups excluding carboxylic acids is 1. The summed E-state index contributed by atoms with van der Waals surface area (Å²) in [7, 11) is 1.80. The van der Waals surface area contributed by atoms with Gasteiger partial charge in [-0.2, -0.15) is 0 Å². The van der Waals surface area contributed by atoms with E-state index in [1.54, 1.807) is 7.05 Å². The van der Waals surface area contributed by atoms with E-state index >= 15 is 0 Å². The van der Waals surface area contributed by atoms with Gasteiger partial charge in [-0.05, 0) is 44.6 Å². The highest BCUT2D eigenvalue weighted by Crippen LogP contribution is 2.29. The van der Waals surface area contributed by atoms with E-state index in [4.69, 9.17) is 0 Å². The molecule has 0 bridgehead atoms. The molecule has 1 fully saturated rings. The summed E-state index contributed by atoms with van der Waals surface area (Å²) in [6.07, 6.45) is 4.83. The van der Waals surface area contributed by atoms with Gasteiger partial charge in [0.15, 0.2) is 0 Å². The summed E-state index contributed by atoms with van der Waals surface area (Å²) in [5, 5.41) is 5.95. The number of amides is 1. The molecule has 96 valence electrons. The van der Waals surface area contributed by atoms with E-state index < -0.39 is 0 Å². The van der Waals surface area contributed by atoms with E-state index in [1.807, 2.05) is 0 Å². The fourth-order valence-electron chi connectivity index (χ4n) is 2.37. The van der Waals surface area contributed by atoms with Crippen LogP contribution in [0.15, 0.2) is 0 Å². The highest BCUT2D eigenvalue weighted by Gasteiger charge is 2.23. The SMILES string of the molecule is CNCC(=O)NC1CCC(C(C)C)CC1.Cl. The first-order valence-electron chi connectivity index (χ1n) is 6.07. The number of halogens is 1. The van der Waals surface area contributed by atoms with Crippen LogP contribution in [0.1, 0.15) is 39.5 Å². The Morgan fingerprint density at radius 1 is 1.25 bits per heavy atom. The third-order valence-corrected chi connectivity index (χ3v) is 3.42. The first kappa shape index (κ1) is 15.7. The largest absolute Gasteiger partial charge is 0.352 e. The molecule has 0 aromatic rings. The van der Waals surface area contributed by atoms with Crippen LogP contribution >= 0.6 is 12.4 Å². The van der Waals surface area contributed by atoms with E-state index in [9.17, 15) is 4.79 Å². The van der Waals surface area contributed by atoms with E-state index in [1.165, 1.54) is 12.8 Å². The summed E-state index contributed by atoms with van der Waals surface area (Å²) in [4.78, 5) is 11.4. The fraction of sp³-hybridized carbons (Fsp3) is 0.917. The minimum atomic E-state index is 0. The van der Waals surface area contributed by atoms with E-state index in [2.05, 4.69) is 24.5 Å². The monoisotopic (exact) mass is 248 g/mol. The second-order valence-corrected chi connectivity index (χ2v) is 4.95. The standard InChI is InChI=1S/C12H24N2O.ClH/c1-9(2)10-4-6-11(7-5-10)14-12(15)8-13-3;/h9-11,13H,4-8H2,1-3H3,(H,14,15);1H. The molecule has 1 amide bonds. The third kappa shape index (κ3) is 5.17. The number of likely N-dealkylation sites (N-methyl/N-ethyl adjacent to an activating group) is 1. The van der Waals surface area contributed by atoms with Crippen LogP contribution in [0, 0.1) is 11.8 Å². The number of hydrogen-bond acceptors (Lipinski definition) is 2. The van der Waals surface area contributed by atoms with Gasteiger partial charge in [0.25, 0.3) is 0 Å². The van der Waals surface area contributed by atoms with Crippen molar-refractivity contribution >= 4 is 18.3 Å². The molecule has 0 atom stereocenters. The summed E-state index contributed by atoms with van der Waals surface area (Å²) in [6.45, 7) is 5.03. The van der Waals surface area contributed by atoms with Crippen molar-refractivity contribution in [3.63, 3.8) is 0 Å². The molecule has 4 heteroatoms. The van der Waals surface area contributed by atoms with Crippen molar-refractivity contribution < 1.29 is 4.79 Å². The zero-order chi connectivity index (χ0) is 11.3. The van der Waals surface area contributed by atoms with E-state index in [-0.39, 0.29) is 18.3 Å². The molecular formula is C12H25ClN2O. The molecule has 0 saturated heterocycles. The molecule has 0 aromatic carbocycles. The van der Waals surface area contributed by atoms with Crippen LogP contribution < -0.4 is 10.6 Å². The zero-order valence-corrected chi connectivity index (χ0v) is 11.4. The van der Waals surface area contributed by atoms with Gasteiger partial charge in [0.05, 0.1) is 6.54 Å². The quantitative estimate of drug-likeness (QED) is 0.799. The molecule has 1 aliphatic carbocycles. The molecule has 1 saturated carbocycles. The maximum atomic E-state index is 11.4. The first-order valence-corrected chi connectivity index (χ1v) is 6.07. The van der Waals surface area contributed by atoms with Crippen LogP contribution in [0.3, 0.4) is 0 Å². The second-order valence-electron chi connectivity index (χ2n) is 4.95. The number of nitrogens with one attached hydrogen (secondary N) is 2. The highest BCUT2D eigenvalue weighted by molar-refractivity contribution is 5.85. The Morgan fingerprint density at radius 2 is 1.81 bits per heavy atom. The molecule has 2 N–H and O–H groups in total. The number of hydrogen-bond donors (Lipinski definition) is 2. The van der Waals surface area contributed by atoms with Gasteiger partial charge < -0.3 is 10.6 Å². The van der Waals surface area contributed by atoms with Crippen LogP contribution in [0.25, 0.3) is 0 Å².